The minimum atomic E-state index is -2.72. The van der Waals surface area contributed by atoms with Gasteiger partial charge in [0.1, 0.15) is 11.3 Å². The maximum atomic E-state index is 13.5. The molecule has 38 heavy (non-hydrogen) atoms. The zero-order valence-electron chi connectivity index (χ0n) is 21.8. The average Bonchev–Trinajstić information content (AvgIpc) is 3.71. The van der Waals surface area contributed by atoms with E-state index in [0.29, 0.717) is 41.5 Å². The normalized spacial score (nSPS) is 19.6. The molecule has 2 saturated heterocycles. The molecule has 9 nitrogen and oxygen atoms in total. The molecule has 3 aliphatic rings. The smallest absolute Gasteiger partial charge is 0.469 e. The average molecular weight is 548 g/mol. The van der Waals surface area contributed by atoms with Gasteiger partial charge in [-0.3, -0.25) is 4.98 Å². The van der Waals surface area contributed by atoms with Crippen molar-refractivity contribution in [3.05, 3.63) is 47.8 Å². The first kappa shape index (κ1) is 27.8. The molecular weight excluding hydrogens is 519 g/mol. The monoisotopic (exact) mass is 547 g/mol. The minimum Gasteiger partial charge on any atom is -0.469 e. The molecule has 0 N–H and O–H groups in total. The molecule has 0 bridgehead atoms. The summed E-state index contributed by atoms with van der Waals surface area (Å²) in [5.74, 6) is 0.824. The van der Waals surface area contributed by atoms with Gasteiger partial charge in [-0.15, -0.1) is 5.10 Å². The minimum absolute atomic E-state index is 0. The van der Waals surface area contributed by atoms with Crippen LogP contribution in [0.3, 0.4) is 0 Å². The largest absolute Gasteiger partial charge is 1.00 e. The summed E-state index contributed by atoms with van der Waals surface area (Å²) in [6, 6.07) is 5.56. The van der Waals surface area contributed by atoms with Crippen LogP contribution in [0.4, 0.5) is 20.3 Å². The van der Waals surface area contributed by atoms with E-state index in [1.165, 1.54) is 31.7 Å². The first-order valence-electron chi connectivity index (χ1n) is 12.5. The predicted octanol–water partition coefficient (Wildman–Crippen LogP) is 2.08. The summed E-state index contributed by atoms with van der Waals surface area (Å²) in [5.41, 5.74) is 1.60. The maximum Gasteiger partial charge on any atom is 1.00 e. The number of nitrogens with zero attached hydrogens (tertiary/aromatic N) is 7. The van der Waals surface area contributed by atoms with Crippen LogP contribution >= 0.6 is 0 Å². The van der Waals surface area contributed by atoms with Gasteiger partial charge in [-0.05, 0) is 24.4 Å². The Morgan fingerprint density at radius 3 is 2.55 bits per heavy atom. The molecule has 0 aromatic carbocycles. The summed E-state index contributed by atoms with van der Waals surface area (Å²) in [7, 11) is 1.60. The maximum absolute atomic E-state index is 13.5. The van der Waals surface area contributed by atoms with Crippen molar-refractivity contribution in [2.75, 3.05) is 38.3 Å². The molecule has 12 heteroatoms. The molecule has 6 heterocycles. The van der Waals surface area contributed by atoms with Crippen molar-refractivity contribution >= 4 is 27.9 Å². The molecule has 1 atom stereocenters. The Morgan fingerprint density at radius 2 is 1.89 bits per heavy atom. The number of pyridine rings is 3. The SMILES string of the molecule is C1CC1.C[N-]c1cc2c(-c3nc4ccc(N5CC(C)OC6(COC6)C5)cn4n3)cnc(C(F)F)c2cn1.[K+]. The van der Waals surface area contributed by atoms with Crippen LogP contribution in [-0.2, 0) is 9.47 Å². The number of aromatic nitrogens is 5. The fourth-order valence-corrected chi connectivity index (χ4v) is 4.70. The van der Waals surface area contributed by atoms with E-state index in [-0.39, 0.29) is 74.2 Å². The second-order valence-electron chi connectivity index (χ2n) is 9.84. The Labute approximate surface area is 261 Å². The van der Waals surface area contributed by atoms with Gasteiger partial charge >= 0.3 is 51.4 Å². The second-order valence-corrected chi connectivity index (χ2v) is 9.84. The number of fused-ring (bicyclic) bond motifs is 2. The number of morpholine rings is 1. The van der Waals surface area contributed by atoms with Crippen LogP contribution in [-0.4, -0.2) is 69.6 Å². The first-order chi connectivity index (χ1) is 17.9. The summed E-state index contributed by atoms with van der Waals surface area (Å²) in [6.45, 7) is 4.75. The number of halogens is 2. The van der Waals surface area contributed by atoms with Gasteiger partial charge < -0.3 is 24.7 Å². The van der Waals surface area contributed by atoms with E-state index in [2.05, 4.69) is 37.2 Å². The van der Waals surface area contributed by atoms with Crippen LogP contribution in [0.5, 0.6) is 0 Å². The van der Waals surface area contributed by atoms with Crippen molar-refractivity contribution in [2.45, 2.75) is 44.3 Å². The number of ether oxygens (including phenoxy) is 2. The summed E-state index contributed by atoms with van der Waals surface area (Å²) in [5, 5.41) is 9.52. The molecule has 4 aromatic heterocycles. The Bertz CT molecular complexity index is 1440. The first-order valence-corrected chi connectivity index (χ1v) is 12.5. The van der Waals surface area contributed by atoms with Gasteiger partial charge in [-0.25, -0.2) is 18.3 Å². The summed E-state index contributed by atoms with van der Waals surface area (Å²) < 4.78 is 40.3. The Hall–Kier alpha value is -1.80. The van der Waals surface area contributed by atoms with Crippen molar-refractivity contribution in [1.29, 1.82) is 0 Å². The number of alkyl halides is 2. The number of rotatable bonds is 4. The zero-order valence-corrected chi connectivity index (χ0v) is 24.9. The third-order valence-electron chi connectivity index (χ3n) is 6.64. The molecule has 1 spiro atoms. The van der Waals surface area contributed by atoms with Crippen molar-refractivity contribution in [1.82, 2.24) is 24.6 Å². The zero-order chi connectivity index (χ0) is 25.6. The third kappa shape index (κ3) is 5.58. The van der Waals surface area contributed by atoms with Crippen LogP contribution in [0, 0.1) is 0 Å². The molecule has 1 aliphatic carbocycles. The van der Waals surface area contributed by atoms with Crippen molar-refractivity contribution < 1.29 is 69.6 Å². The Morgan fingerprint density at radius 1 is 1.11 bits per heavy atom. The van der Waals surface area contributed by atoms with Gasteiger partial charge in [0.25, 0.3) is 6.43 Å². The summed E-state index contributed by atoms with van der Waals surface area (Å²) in [6.07, 6.45) is 6.55. The van der Waals surface area contributed by atoms with Crippen LogP contribution in [0.15, 0.2) is 36.8 Å². The molecule has 0 amide bonds. The van der Waals surface area contributed by atoms with E-state index >= 15 is 0 Å². The van der Waals surface area contributed by atoms with E-state index in [0.717, 1.165) is 18.8 Å². The van der Waals surface area contributed by atoms with Crippen LogP contribution < -0.4 is 56.3 Å². The molecule has 1 unspecified atom stereocenters. The fourth-order valence-electron chi connectivity index (χ4n) is 4.70. The van der Waals surface area contributed by atoms with Crippen LogP contribution in [0.25, 0.3) is 33.1 Å². The molecule has 1 saturated carbocycles. The quantitative estimate of drug-likeness (QED) is 0.362. The predicted molar refractivity (Wildman–Crippen MR) is 136 cm³/mol. The van der Waals surface area contributed by atoms with Gasteiger partial charge in [0.05, 0.1) is 37.7 Å². The van der Waals surface area contributed by atoms with Crippen molar-refractivity contribution in [3.8, 4) is 11.4 Å². The van der Waals surface area contributed by atoms with Gasteiger partial charge in [0.15, 0.2) is 11.5 Å². The third-order valence-corrected chi connectivity index (χ3v) is 6.64. The molecular formula is C26H28F2KN7O2. The van der Waals surface area contributed by atoms with E-state index in [4.69, 9.17) is 9.47 Å². The topological polar surface area (TPSA) is 91.8 Å². The number of hydrogen-bond donors (Lipinski definition) is 0. The van der Waals surface area contributed by atoms with Gasteiger partial charge in [-0.2, -0.15) is 0 Å². The Kier molecular flexibility index (Phi) is 8.30. The van der Waals surface area contributed by atoms with Crippen LogP contribution in [0.2, 0.25) is 0 Å². The van der Waals surface area contributed by atoms with Crippen LogP contribution in [0.1, 0.15) is 38.3 Å². The summed E-state index contributed by atoms with van der Waals surface area (Å²) in [4.78, 5) is 15.0. The standard InChI is InChI=1S/C23H22F2N7O2.C3H6.K/c1-13-8-31(10-23(34-13)11-33-12-23)14-3-4-19-29-22(30-32(19)9-14)17-7-28-20(21(24)25)16-6-27-18(26-2)5-15(16)17;1-2-3-1;/h3-7,9,13,21H,8,10-12H2,1-2H3;1-3H2;/q-1;;+1. The molecule has 194 valence electrons. The fraction of sp³-hybridized carbons (Fsp3) is 0.462. The number of hydrogen-bond acceptors (Lipinski definition) is 7. The molecule has 3 fully saturated rings. The molecule has 2 aliphatic heterocycles. The number of anilines is 1. The van der Waals surface area contributed by atoms with E-state index in [9.17, 15) is 8.78 Å². The van der Waals surface area contributed by atoms with Crippen molar-refractivity contribution in [2.24, 2.45) is 0 Å². The van der Waals surface area contributed by atoms with E-state index < -0.39 is 6.43 Å². The molecule has 4 aromatic rings. The molecule has 7 rings (SSSR count). The van der Waals surface area contributed by atoms with E-state index in [1.807, 2.05) is 18.3 Å². The van der Waals surface area contributed by atoms with E-state index in [1.54, 1.807) is 17.6 Å². The Balaban J connectivity index is 0.000000688. The molecule has 0 radical (unpaired) electrons. The second kappa shape index (κ2) is 11.4. The summed E-state index contributed by atoms with van der Waals surface area (Å²) >= 11 is 0. The van der Waals surface area contributed by atoms with Gasteiger partial charge in [-0.1, -0.05) is 44.4 Å². The van der Waals surface area contributed by atoms with Gasteiger partial charge in [0.2, 0.25) is 0 Å². The van der Waals surface area contributed by atoms with Crippen molar-refractivity contribution in [3.63, 3.8) is 0 Å². The van der Waals surface area contributed by atoms with Gasteiger partial charge in [0, 0.05) is 23.7 Å².